The highest BCUT2D eigenvalue weighted by Gasteiger charge is 2.50. The molecule has 0 bridgehead atoms. The van der Waals surface area contributed by atoms with Crippen LogP contribution in [0.5, 0.6) is 11.5 Å². The molecule has 130 valence electrons. The molecule has 0 amide bonds. The number of benzene rings is 2. The van der Waals surface area contributed by atoms with E-state index < -0.39 is 28.3 Å². The molecule has 0 saturated heterocycles. The van der Waals surface area contributed by atoms with Crippen LogP contribution in [-0.4, -0.2) is 25.7 Å². The molecular formula is C17H13F2NO4S. The van der Waals surface area contributed by atoms with Gasteiger partial charge in [-0.1, -0.05) is 6.07 Å². The summed E-state index contributed by atoms with van der Waals surface area (Å²) in [5.74, 6) is -3.22. The fourth-order valence-electron chi connectivity index (χ4n) is 2.82. The molecule has 0 saturated carbocycles. The van der Waals surface area contributed by atoms with Crippen molar-refractivity contribution in [2.45, 2.75) is 23.3 Å². The Balaban J connectivity index is 2.13. The molecule has 5 nitrogen and oxygen atoms in total. The largest absolute Gasteiger partial charge is 0.457 e. The van der Waals surface area contributed by atoms with Gasteiger partial charge in [0, 0.05) is 23.8 Å². The summed E-state index contributed by atoms with van der Waals surface area (Å²) in [7, 11) is -3.80. The highest BCUT2D eigenvalue weighted by molar-refractivity contribution is 7.90. The van der Waals surface area contributed by atoms with Gasteiger partial charge in [0.2, 0.25) is 0 Å². The molecule has 2 aromatic carbocycles. The summed E-state index contributed by atoms with van der Waals surface area (Å²) < 4.78 is 57.3. The molecule has 0 aromatic heterocycles. The molecule has 3 rings (SSSR count). The third kappa shape index (κ3) is 3.08. The second kappa shape index (κ2) is 5.79. The molecule has 1 unspecified atom stereocenters. The van der Waals surface area contributed by atoms with E-state index >= 15 is 0 Å². The Morgan fingerprint density at radius 3 is 2.68 bits per heavy atom. The molecular weight excluding hydrogens is 352 g/mol. The second-order valence-electron chi connectivity index (χ2n) is 5.81. The number of rotatable bonds is 3. The molecule has 2 aromatic rings. The molecule has 1 aliphatic carbocycles. The average Bonchev–Trinajstić information content (AvgIpc) is 2.78. The van der Waals surface area contributed by atoms with Gasteiger partial charge in [0.15, 0.2) is 9.84 Å². The van der Waals surface area contributed by atoms with E-state index in [4.69, 9.17) is 10.00 Å². The number of halogens is 2. The number of alkyl halides is 2. The van der Waals surface area contributed by atoms with Gasteiger partial charge in [-0.15, -0.1) is 0 Å². The van der Waals surface area contributed by atoms with Crippen molar-refractivity contribution in [1.82, 2.24) is 0 Å². The highest BCUT2D eigenvalue weighted by Crippen LogP contribution is 2.49. The second-order valence-corrected chi connectivity index (χ2v) is 7.79. The summed E-state index contributed by atoms with van der Waals surface area (Å²) in [6, 6.07) is 10.5. The third-order valence-electron chi connectivity index (χ3n) is 3.95. The Hall–Kier alpha value is -2.50. The van der Waals surface area contributed by atoms with Crippen LogP contribution in [0, 0.1) is 11.3 Å². The molecule has 1 N–H and O–H groups in total. The van der Waals surface area contributed by atoms with Crippen LogP contribution >= 0.6 is 0 Å². The van der Waals surface area contributed by atoms with Gasteiger partial charge < -0.3 is 9.84 Å². The Bertz CT molecular complexity index is 996. The number of fused-ring (bicyclic) bond motifs is 1. The van der Waals surface area contributed by atoms with Gasteiger partial charge in [-0.3, -0.25) is 0 Å². The number of nitrogens with zero attached hydrogens (tertiary/aromatic N) is 1. The molecule has 0 heterocycles. The van der Waals surface area contributed by atoms with Crippen molar-refractivity contribution in [3.05, 3.63) is 53.1 Å². The molecule has 8 heteroatoms. The van der Waals surface area contributed by atoms with Crippen molar-refractivity contribution < 1.29 is 27.0 Å². The Kier molecular flexibility index (Phi) is 4.01. The monoisotopic (exact) mass is 365 g/mol. The lowest BCUT2D eigenvalue weighted by Crippen LogP contribution is -2.22. The minimum atomic E-state index is -3.80. The Labute approximate surface area is 143 Å². The Morgan fingerprint density at radius 2 is 2.04 bits per heavy atom. The van der Waals surface area contributed by atoms with Crippen molar-refractivity contribution in [3.63, 3.8) is 0 Å². The summed E-state index contributed by atoms with van der Waals surface area (Å²) in [4.78, 5) is -0.342. The van der Waals surface area contributed by atoms with Crippen LogP contribution in [0.2, 0.25) is 0 Å². The van der Waals surface area contributed by atoms with Crippen molar-refractivity contribution >= 4 is 9.84 Å². The standard InChI is InChI=1S/C17H13F2NO4S/c1-25(22,23)14-6-5-13(12-8-17(18,19)16(21)15(12)14)24-11-4-2-3-10(7-11)9-20/h2-7,16,21H,8H2,1H3. The third-order valence-corrected chi connectivity index (χ3v) is 5.11. The van der Waals surface area contributed by atoms with Crippen molar-refractivity contribution in [2.75, 3.05) is 6.26 Å². The molecule has 0 spiro atoms. The Morgan fingerprint density at radius 1 is 1.32 bits per heavy atom. The first-order chi connectivity index (χ1) is 11.6. The van der Waals surface area contributed by atoms with Crippen LogP contribution in [0.3, 0.4) is 0 Å². The maximum absolute atomic E-state index is 14.0. The quantitative estimate of drug-likeness (QED) is 0.903. The first-order valence-electron chi connectivity index (χ1n) is 7.23. The van der Waals surface area contributed by atoms with E-state index in [-0.39, 0.29) is 27.5 Å². The maximum atomic E-state index is 14.0. The zero-order chi connectivity index (χ0) is 18.4. The van der Waals surface area contributed by atoms with Crippen LogP contribution in [0.15, 0.2) is 41.3 Å². The van der Waals surface area contributed by atoms with E-state index in [2.05, 4.69) is 0 Å². The van der Waals surface area contributed by atoms with Gasteiger partial charge in [0.25, 0.3) is 5.92 Å². The average molecular weight is 365 g/mol. The fraction of sp³-hybridized carbons (Fsp3) is 0.235. The van der Waals surface area contributed by atoms with Gasteiger partial charge in [-0.05, 0) is 30.3 Å². The maximum Gasteiger partial charge on any atom is 0.281 e. The number of aliphatic hydroxyl groups is 1. The molecule has 0 fully saturated rings. The van der Waals surface area contributed by atoms with Gasteiger partial charge in [-0.25, -0.2) is 17.2 Å². The lowest BCUT2D eigenvalue weighted by atomic mass is 10.1. The topological polar surface area (TPSA) is 87.4 Å². The number of aliphatic hydroxyl groups excluding tert-OH is 1. The van der Waals surface area contributed by atoms with Crippen LogP contribution in [0.4, 0.5) is 8.78 Å². The summed E-state index contributed by atoms with van der Waals surface area (Å²) in [6.07, 6.45) is -2.16. The van der Waals surface area contributed by atoms with E-state index in [0.717, 1.165) is 12.3 Å². The first-order valence-corrected chi connectivity index (χ1v) is 9.12. The minimum Gasteiger partial charge on any atom is -0.457 e. The lowest BCUT2D eigenvalue weighted by Gasteiger charge is -2.15. The molecule has 0 aliphatic heterocycles. The number of ether oxygens (including phenoxy) is 1. The van der Waals surface area contributed by atoms with Crippen LogP contribution in [0.25, 0.3) is 0 Å². The number of hydrogen-bond acceptors (Lipinski definition) is 5. The van der Waals surface area contributed by atoms with Crippen LogP contribution < -0.4 is 4.74 Å². The molecule has 1 atom stereocenters. The van der Waals surface area contributed by atoms with Gasteiger partial charge >= 0.3 is 0 Å². The van der Waals surface area contributed by atoms with Crippen molar-refractivity contribution in [3.8, 4) is 17.6 Å². The molecule has 1 aliphatic rings. The summed E-state index contributed by atoms with van der Waals surface area (Å²) in [6.45, 7) is 0. The lowest BCUT2D eigenvalue weighted by molar-refractivity contribution is -0.0976. The minimum absolute atomic E-state index is 0.0220. The van der Waals surface area contributed by atoms with Gasteiger partial charge in [-0.2, -0.15) is 5.26 Å². The predicted molar refractivity (Wildman–Crippen MR) is 84.4 cm³/mol. The molecule has 25 heavy (non-hydrogen) atoms. The zero-order valence-electron chi connectivity index (χ0n) is 13.0. The summed E-state index contributed by atoms with van der Waals surface area (Å²) in [5, 5.41) is 18.8. The summed E-state index contributed by atoms with van der Waals surface area (Å²) >= 11 is 0. The van der Waals surface area contributed by atoms with Crippen LogP contribution in [-0.2, 0) is 16.3 Å². The van der Waals surface area contributed by atoms with Crippen molar-refractivity contribution in [2.24, 2.45) is 0 Å². The van der Waals surface area contributed by atoms with E-state index in [1.807, 2.05) is 6.07 Å². The van der Waals surface area contributed by atoms with E-state index in [1.165, 1.54) is 12.1 Å². The molecule has 0 radical (unpaired) electrons. The van der Waals surface area contributed by atoms with Gasteiger partial charge in [0.05, 0.1) is 16.5 Å². The highest BCUT2D eigenvalue weighted by atomic mass is 32.2. The van der Waals surface area contributed by atoms with E-state index in [9.17, 15) is 22.3 Å². The first kappa shape index (κ1) is 17.3. The normalized spacial score (nSPS) is 18.4. The van der Waals surface area contributed by atoms with E-state index in [0.29, 0.717) is 5.56 Å². The zero-order valence-corrected chi connectivity index (χ0v) is 13.8. The predicted octanol–water partition coefficient (Wildman–Crippen LogP) is 2.98. The summed E-state index contributed by atoms with van der Waals surface area (Å²) in [5.41, 5.74) is -0.0588. The SMILES string of the molecule is CS(=O)(=O)c1ccc(Oc2cccc(C#N)c2)c2c1C(O)C(F)(F)C2. The smallest absolute Gasteiger partial charge is 0.281 e. The van der Waals surface area contributed by atoms with E-state index in [1.54, 1.807) is 18.2 Å². The van der Waals surface area contributed by atoms with Gasteiger partial charge in [0.1, 0.15) is 17.6 Å². The number of nitriles is 1. The number of sulfone groups is 1. The number of hydrogen-bond donors (Lipinski definition) is 1. The van der Waals surface area contributed by atoms with Crippen molar-refractivity contribution in [1.29, 1.82) is 5.26 Å². The fourth-order valence-corrected chi connectivity index (χ4v) is 3.77. The van der Waals surface area contributed by atoms with Crippen LogP contribution in [0.1, 0.15) is 22.8 Å².